The lowest BCUT2D eigenvalue weighted by molar-refractivity contribution is -0.738. The average Bonchev–Trinajstić information content (AvgIpc) is 3.32. The summed E-state index contributed by atoms with van der Waals surface area (Å²) in [6.45, 7) is 3.33. The number of benzene rings is 2. The molecule has 3 aliphatic heterocycles. The fourth-order valence-electron chi connectivity index (χ4n) is 5.54. The van der Waals surface area contributed by atoms with Crippen molar-refractivity contribution >= 4 is 35.0 Å². The number of amides is 3. The molecule has 0 aromatic heterocycles. The molecule has 2 aromatic carbocycles. The van der Waals surface area contributed by atoms with Crippen LogP contribution in [0, 0.1) is 24.6 Å². The second-order valence-electron chi connectivity index (χ2n) is 8.85. The largest absolute Gasteiger partial charge is 0.387 e. The Balaban J connectivity index is 1.63. The van der Waals surface area contributed by atoms with Gasteiger partial charge in [-0.15, -0.1) is 0 Å². The van der Waals surface area contributed by atoms with Gasteiger partial charge in [-0.05, 0) is 49.2 Å². The van der Waals surface area contributed by atoms with Gasteiger partial charge in [0.1, 0.15) is 29.8 Å². The van der Waals surface area contributed by atoms with Gasteiger partial charge in [0.05, 0.1) is 12.2 Å². The molecule has 2 aromatic rings. The number of aliphatic hydroxyl groups is 1. The standard InChI is InChI=1S/C23H21ClFN3O4/c1-10-7-13(24)8-15-18(10)26-22(32)23(15)17-16(19(27-23)11(2)29)20(30)28(21(17)31)9-12-3-5-14(25)6-4-12/h3-8,11,16-17,19,27,29H,9H2,1-2H3,(H,26,32)/p+1/t11-,16+,17+,19-,23+/m1/s1. The zero-order chi connectivity index (χ0) is 22.9. The molecule has 3 amide bonds. The van der Waals surface area contributed by atoms with Crippen LogP contribution in [0.1, 0.15) is 23.6 Å². The number of carbonyl (C=O) groups is 3. The molecule has 0 bridgehead atoms. The van der Waals surface area contributed by atoms with E-state index in [1.807, 2.05) is 6.92 Å². The number of carbonyl (C=O) groups excluding carboxylic acids is 3. The van der Waals surface area contributed by atoms with Gasteiger partial charge in [0.15, 0.2) is 0 Å². The average molecular weight is 459 g/mol. The number of aryl methyl sites for hydroxylation is 1. The number of hydrogen-bond donors (Lipinski definition) is 3. The smallest absolute Gasteiger partial charge is 0.291 e. The molecule has 0 aliphatic carbocycles. The lowest BCUT2D eigenvalue weighted by Crippen LogP contribution is -3.00. The molecule has 5 rings (SSSR count). The zero-order valence-electron chi connectivity index (χ0n) is 17.4. The summed E-state index contributed by atoms with van der Waals surface area (Å²) in [6, 6.07) is 8.24. The summed E-state index contributed by atoms with van der Waals surface area (Å²) in [7, 11) is 0. The van der Waals surface area contributed by atoms with Crippen LogP contribution in [0.2, 0.25) is 5.02 Å². The van der Waals surface area contributed by atoms with E-state index in [-0.39, 0.29) is 6.54 Å². The Kier molecular flexibility index (Phi) is 4.67. The van der Waals surface area contributed by atoms with Crippen molar-refractivity contribution in [2.45, 2.75) is 38.1 Å². The first-order chi connectivity index (χ1) is 15.1. The molecule has 2 saturated heterocycles. The van der Waals surface area contributed by atoms with Crippen LogP contribution in [0.15, 0.2) is 36.4 Å². The number of imide groups is 1. The molecule has 3 aliphatic rings. The summed E-state index contributed by atoms with van der Waals surface area (Å²) >= 11 is 6.30. The molecule has 0 radical (unpaired) electrons. The van der Waals surface area contributed by atoms with E-state index in [1.54, 1.807) is 24.4 Å². The number of quaternary nitrogens is 1. The summed E-state index contributed by atoms with van der Waals surface area (Å²) in [5, 5.41) is 15.4. The van der Waals surface area contributed by atoms with Gasteiger partial charge in [-0.3, -0.25) is 19.3 Å². The third-order valence-electron chi connectivity index (χ3n) is 6.97. The zero-order valence-corrected chi connectivity index (χ0v) is 18.2. The van der Waals surface area contributed by atoms with Crippen LogP contribution in [0.4, 0.5) is 10.1 Å². The van der Waals surface area contributed by atoms with Crippen molar-refractivity contribution < 1.29 is 29.2 Å². The highest BCUT2D eigenvalue weighted by Crippen LogP contribution is 2.51. The normalized spacial score (nSPS) is 29.5. The minimum Gasteiger partial charge on any atom is -0.387 e. The van der Waals surface area contributed by atoms with Crippen LogP contribution in [-0.4, -0.2) is 39.9 Å². The van der Waals surface area contributed by atoms with Gasteiger partial charge in [-0.1, -0.05) is 23.7 Å². The predicted molar refractivity (Wildman–Crippen MR) is 113 cm³/mol. The Morgan fingerprint density at radius 1 is 1.22 bits per heavy atom. The summed E-state index contributed by atoms with van der Waals surface area (Å²) in [5.41, 5.74) is 1.08. The molecule has 3 heterocycles. The number of likely N-dealkylation sites (tertiary alicyclic amines) is 1. The third kappa shape index (κ3) is 2.76. The molecule has 5 atom stereocenters. The van der Waals surface area contributed by atoms with Crippen LogP contribution < -0.4 is 10.6 Å². The number of anilines is 1. The lowest BCUT2D eigenvalue weighted by Gasteiger charge is -2.27. The number of hydrogen-bond acceptors (Lipinski definition) is 4. The number of halogens is 2. The fourth-order valence-corrected chi connectivity index (χ4v) is 5.82. The maximum absolute atomic E-state index is 13.6. The summed E-state index contributed by atoms with van der Waals surface area (Å²) in [5.74, 6) is -3.61. The molecule has 1 spiro atoms. The van der Waals surface area contributed by atoms with Crippen molar-refractivity contribution in [1.29, 1.82) is 0 Å². The Morgan fingerprint density at radius 3 is 2.56 bits per heavy atom. The minimum atomic E-state index is -1.40. The molecule has 0 unspecified atom stereocenters. The minimum absolute atomic E-state index is 0.0311. The van der Waals surface area contributed by atoms with Crippen molar-refractivity contribution in [3.63, 3.8) is 0 Å². The fraction of sp³-hybridized carbons (Fsp3) is 0.348. The second-order valence-corrected chi connectivity index (χ2v) is 9.28. The molecule has 2 fully saturated rings. The van der Waals surface area contributed by atoms with E-state index >= 15 is 0 Å². The molecule has 0 saturated carbocycles. The van der Waals surface area contributed by atoms with E-state index in [0.29, 0.717) is 21.8 Å². The summed E-state index contributed by atoms with van der Waals surface area (Å²) in [4.78, 5) is 41.6. The second kappa shape index (κ2) is 7.10. The van der Waals surface area contributed by atoms with Gasteiger partial charge in [0, 0.05) is 10.6 Å². The number of nitrogens with two attached hydrogens (primary N) is 1. The maximum Gasteiger partial charge on any atom is 0.291 e. The molecular formula is C23H22ClFN3O4+. The molecule has 32 heavy (non-hydrogen) atoms. The highest BCUT2D eigenvalue weighted by Gasteiger charge is 2.75. The van der Waals surface area contributed by atoms with Crippen LogP contribution in [0.25, 0.3) is 0 Å². The highest BCUT2D eigenvalue weighted by molar-refractivity contribution is 6.31. The first-order valence-electron chi connectivity index (χ1n) is 10.4. The molecule has 9 heteroatoms. The van der Waals surface area contributed by atoms with Crippen LogP contribution in [0.3, 0.4) is 0 Å². The monoisotopic (exact) mass is 458 g/mol. The first kappa shape index (κ1) is 21.1. The van der Waals surface area contributed by atoms with Crippen molar-refractivity contribution in [3.8, 4) is 0 Å². The maximum atomic E-state index is 13.6. The van der Waals surface area contributed by atoms with Crippen molar-refractivity contribution in [2.24, 2.45) is 11.8 Å². The summed E-state index contributed by atoms with van der Waals surface area (Å²) < 4.78 is 13.3. The summed E-state index contributed by atoms with van der Waals surface area (Å²) in [6.07, 6.45) is -0.943. The lowest BCUT2D eigenvalue weighted by atomic mass is 9.76. The quantitative estimate of drug-likeness (QED) is 0.598. The predicted octanol–water partition coefficient (Wildman–Crippen LogP) is 1.06. The van der Waals surface area contributed by atoms with Gasteiger partial charge in [0.2, 0.25) is 17.4 Å². The van der Waals surface area contributed by atoms with E-state index in [0.717, 1.165) is 10.5 Å². The topological polar surface area (TPSA) is 103 Å². The van der Waals surface area contributed by atoms with E-state index in [4.69, 9.17) is 11.6 Å². The van der Waals surface area contributed by atoms with Crippen LogP contribution in [0.5, 0.6) is 0 Å². The highest BCUT2D eigenvalue weighted by atomic mass is 35.5. The van der Waals surface area contributed by atoms with E-state index < -0.39 is 53.1 Å². The van der Waals surface area contributed by atoms with Crippen molar-refractivity contribution in [2.75, 3.05) is 5.32 Å². The van der Waals surface area contributed by atoms with Gasteiger partial charge < -0.3 is 15.7 Å². The molecule has 7 nitrogen and oxygen atoms in total. The van der Waals surface area contributed by atoms with Crippen molar-refractivity contribution in [1.82, 2.24) is 4.90 Å². The van der Waals surface area contributed by atoms with Crippen molar-refractivity contribution in [3.05, 3.63) is 63.9 Å². The number of nitrogens with one attached hydrogen (secondary N) is 1. The molecule has 4 N–H and O–H groups in total. The number of rotatable bonds is 3. The van der Waals surface area contributed by atoms with Gasteiger partial charge >= 0.3 is 0 Å². The molecular weight excluding hydrogens is 437 g/mol. The molecule has 166 valence electrons. The van der Waals surface area contributed by atoms with Crippen LogP contribution in [-0.2, 0) is 26.5 Å². The Bertz CT molecular complexity index is 1170. The Labute approximate surface area is 188 Å². The van der Waals surface area contributed by atoms with E-state index in [1.165, 1.54) is 24.3 Å². The van der Waals surface area contributed by atoms with E-state index in [2.05, 4.69) is 5.32 Å². The SMILES string of the molecule is Cc1cc(Cl)cc2c1NC(=O)[C@]21[NH2+][C@H]([C@@H](C)O)[C@H]2C(=O)N(Cc3ccc(F)cc3)C(=O)[C@H]21. The van der Waals surface area contributed by atoms with Gasteiger partial charge in [0.25, 0.3) is 5.91 Å². The third-order valence-corrected chi connectivity index (χ3v) is 7.19. The first-order valence-corrected chi connectivity index (χ1v) is 10.8. The number of fused-ring (bicyclic) bond motifs is 4. The van der Waals surface area contributed by atoms with Crippen LogP contribution >= 0.6 is 11.6 Å². The number of aliphatic hydroxyl groups excluding tert-OH is 1. The van der Waals surface area contributed by atoms with Gasteiger partial charge in [-0.25, -0.2) is 4.39 Å². The number of nitrogens with zero attached hydrogens (tertiary/aromatic N) is 1. The van der Waals surface area contributed by atoms with E-state index in [9.17, 15) is 23.9 Å². The van der Waals surface area contributed by atoms with Gasteiger partial charge in [-0.2, -0.15) is 0 Å². The Morgan fingerprint density at radius 2 is 1.91 bits per heavy atom. The Hall–Kier alpha value is -2.81.